The molecule has 0 bridgehead atoms. The van der Waals surface area contributed by atoms with Crippen molar-refractivity contribution in [3.8, 4) is 11.5 Å². The van der Waals surface area contributed by atoms with E-state index in [0.29, 0.717) is 41.7 Å². The third kappa shape index (κ3) is 5.89. The number of benzene rings is 2. The number of halogens is 1. The maximum absolute atomic E-state index is 12.6. The maximum atomic E-state index is 12.6. The third-order valence-corrected chi connectivity index (χ3v) is 3.99. The second-order valence-electron chi connectivity index (χ2n) is 6.02. The Morgan fingerprint density at radius 2 is 1.57 bits per heavy atom. The van der Waals surface area contributed by atoms with Crippen LogP contribution in [0.15, 0.2) is 36.4 Å². The summed E-state index contributed by atoms with van der Waals surface area (Å²) in [6.45, 7) is 6.40. The van der Waals surface area contributed by atoms with Gasteiger partial charge in [0.1, 0.15) is 11.5 Å². The highest BCUT2D eigenvalue weighted by Gasteiger charge is 2.17. The number of aryl methyl sites for hydroxylation is 1. The standard InChI is InChI=1S/C21H25ClN2O4/c1-4-27-18-13-17(24-21(26)15-8-6-7-14(3)11-15)19(28-5-2)12-16(18)23-20(25)9-10-22/h6-8,11-13H,4-5,9-10H2,1-3H3,(H,23,25)(H,24,26). The molecule has 2 N–H and O–H groups in total. The molecule has 0 heterocycles. The van der Waals surface area contributed by atoms with Gasteiger partial charge in [0, 0.05) is 30.0 Å². The molecule has 0 aliphatic heterocycles. The molecule has 0 aliphatic rings. The normalized spacial score (nSPS) is 10.3. The number of ether oxygens (including phenoxy) is 2. The monoisotopic (exact) mass is 404 g/mol. The van der Waals surface area contributed by atoms with Gasteiger partial charge >= 0.3 is 0 Å². The van der Waals surface area contributed by atoms with Crippen molar-refractivity contribution in [2.24, 2.45) is 0 Å². The fourth-order valence-corrected chi connectivity index (χ4v) is 2.76. The molecule has 0 saturated heterocycles. The summed E-state index contributed by atoms with van der Waals surface area (Å²) in [5, 5.41) is 5.64. The number of carbonyl (C=O) groups excluding carboxylic acids is 2. The topological polar surface area (TPSA) is 76.7 Å². The highest BCUT2D eigenvalue weighted by molar-refractivity contribution is 6.19. The lowest BCUT2D eigenvalue weighted by Gasteiger charge is -2.18. The largest absolute Gasteiger partial charge is 0.492 e. The Kier molecular flexibility index (Phi) is 8.14. The molecule has 150 valence electrons. The van der Waals surface area contributed by atoms with Gasteiger partial charge in [-0.05, 0) is 32.9 Å². The summed E-state index contributed by atoms with van der Waals surface area (Å²) in [6, 6.07) is 10.6. The molecule has 0 atom stereocenters. The average Bonchev–Trinajstić information content (AvgIpc) is 2.65. The van der Waals surface area contributed by atoms with Crippen LogP contribution in [0.1, 0.15) is 36.2 Å². The minimum absolute atomic E-state index is 0.183. The van der Waals surface area contributed by atoms with Gasteiger partial charge in [0.25, 0.3) is 5.91 Å². The molecule has 0 unspecified atom stereocenters. The fraction of sp³-hybridized carbons (Fsp3) is 0.333. The molecular weight excluding hydrogens is 380 g/mol. The SMILES string of the molecule is CCOc1cc(NC(=O)c2cccc(C)c2)c(OCC)cc1NC(=O)CCCl. The van der Waals surface area contributed by atoms with Crippen molar-refractivity contribution in [2.75, 3.05) is 29.7 Å². The van der Waals surface area contributed by atoms with Crippen molar-refractivity contribution in [3.63, 3.8) is 0 Å². The number of nitrogens with one attached hydrogen (secondary N) is 2. The fourth-order valence-electron chi connectivity index (χ4n) is 2.58. The van der Waals surface area contributed by atoms with Crippen molar-refractivity contribution in [1.29, 1.82) is 0 Å². The lowest BCUT2D eigenvalue weighted by molar-refractivity contribution is -0.115. The minimum atomic E-state index is -0.258. The molecule has 0 fully saturated rings. The Bertz CT molecular complexity index is 839. The van der Waals surface area contributed by atoms with Gasteiger partial charge in [-0.15, -0.1) is 11.6 Å². The summed E-state index contributed by atoms with van der Waals surface area (Å²) in [7, 11) is 0. The van der Waals surface area contributed by atoms with E-state index >= 15 is 0 Å². The highest BCUT2D eigenvalue weighted by atomic mass is 35.5. The molecule has 0 radical (unpaired) electrons. The number of anilines is 2. The van der Waals surface area contributed by atoms with E-state index in [9.17, 15) is 9.59 Å². The molecule has 6 nitrogen and oxygen atoms in total. The van der Waals surface area contributed by atoms with Crippen LogP contribution in [0, 0.1) is 6.92 Å². The van der Waals surface area contributed by atoms with Crippen LogP contribution in [0.25, 0.3) is 0 Å². The molecule has 0 saturated carbocycles. The van der Waals surface area contributed by atoms with E-state index in [-0.39, 0.29) is 24.1 Å². The first-order chi connectivity index (χ1) is 13.5. The van der Waals surface area contributed by atoms with Gasteiger partial charge in [-0.25, -0.2) is 0 Å². The first-order valence-electron chi connectivity index (χ1n) is 9.15. The predicted molar refractivity (Wildman–Crippen MR) is 112 cm³/mol. The van der Waals surface area contributed by atoms with Crippen LogP contribution >= 0.6 is 11.6 Å². The number of hydrogen-bond donors (Lipinski definition) is 2. The van der Waals surface area contributed by atoms with E-state index in [1.807, 2.05) is 32.9 Å². The first kappa shape index (κ1) is 21.6. The number of rotatable bonds is 9. The maximum Gasteiger partial charge on any atom is 0.255 e. The van der Waals surface area contributed by atoms with Crippen LogP contribution in [0.2, 0.25) is 0 Å². The van der Waals surface area contributed by atoms with Crippen LogP contribution in [-0.2, 0) is 4.79 Å². The second-order valence-corrected chi connectivity index (χ2v) is 6.40. The molecular formula is C21H25ClN2O4. The van der Waals surface area contributed by atoms with Gasteiger partial charge in [-0.1, -0.05) is 17.7 Å². The van der Waals surface area contributed by atoms with Gasteiger partial charge in [0.2, 0.25) is 5.91 Å². The summed E-state index contributed by atoms with van der Waals surface area (Å²) in [6.07, 6.45) is 0.183. The van der Waals surface area contributed by atoms with Gasteiger partial charge in [0.15, 0.2) is 0 Å². The van der Waals surface area contributed by atoms with E-state index in [4.69, 9.17) is 21.1 Å². The number of amides is 2. The molecule has 2 aromatic carbocycles. The molecule has 2 rings (SSSR count). The highest BCUT2D eigenvalue weighted by Crippen LogP contribution is 2.37. The van der Waals surface area contributed by atoms with Crippen molar-refractivity contribution < 1.29 is 19.1 Å². The zero-order valence-electron chi connectivity index (χ0n) is 16.3. The van der Waals surface area contributed by atoms with Gasteiger partial charge in [-0.3, -0.25) is 9.59 Å². The quantitative estimate of drug-likeness (QED) is 0.598. The van der Waals surface area contributed by atoms with Crippen LogP contribution in [0.4, 0.5) is 11.4 Å². The van der Waals surface area contributed by atoms with Crippen molar-refractivity contribution in [3.05, 3.63) is 47.5 Å². The average molecular weight is 405 g/mol. The molecule has 0 aliphatic carbocycles. The number of alkyl halides is 1. The Balaban J connectivity index is 2.37. The van der Waals surface area contributed by atoms with Gasteiger partial charge in [-0.2, -0.15) is 0 Å². The van der Waals surface area contributed by atoms with Gasteiger partial charge < -0.3 is 20.1 Å². The van der Waals surface area contributed by atoms with Crippen molar-refractivity contribution in [2.45, 2.75) is 27.2 Å². The zero-order valence-corrected chi connectivity index (χ0v) is 17.1. The molecule has 2 amide bonds. The van der Waals surface area contributed by atoms with Crippen LogP contribution in [0.3, 0.4) is 0 Å². The predicted octanol–water partition coefficient (Wildman–Crippen LogP) is 4.61. The zero-order chi connectivity index (χ0) is 20.5. The number of hydrogen-bond acceptors (Lipinski definition) is 4. The Morgan fingerprint density at radius 1 is 0.964 bits per heavy atom. The molecule has 0 spiro atoms. The lowest BCUT2D eigenvalue weighted by Crippen LogP contribution is -2.15. The summed E-state index contributed by atoms with van der Waals surface area (Å²) < 4.78 is 11.3. The molecule has 0 aromatic heterocycles. The van der Waals surface area contributed by atoms with Crippen molar-refractivity contribution in [1.82, 2.24) is 0 Å². The lowest BCUT2D eigenvalue weighted by atomic mass is 10.1. The Hall–Kier alpha value is -2.73. The van der Waals surface area contributed by atoms with Gasteiger partial charge in [0.05, 0.1) is 24.6 Å². The Morgan fingerprint density at radius 3 is 2.11 bits per heavy atom. The van der Waals surface area contributed by atoms with E-state index in [0.717, 1.165) is 5.56 Å². The first-order valence-corrected chi connectivity index (χ1v) is 9.69. The minimum Gasteiger partial charge on any atom is -0.492 e. The molecule has 2 aromatic rings. The van der Waals surface area contributed by atoms with E-state index in [1.165, 1.54) is 0 Å². The summed E-state index contributed by atoms with van der Waals surface area (Å²) in [5.41, 5.74) is 2.46. The molecule has 28 heavy (non-hydrogen) atoms. The van der Waals surface area contributed by atoms with Crippen LogP contribution in [0.5, 0.6) is 11.5 Å². The molecule has 7 heteroatoms. The van der Waals surface area contributed by atoms with E-state index < -0.39 is 0 Å². The van der Waals surface area contributed by atoms with E-state index in [1.54, 1.807) is 24.3 Å². The summed E-state index contributed by atoms with van der Waals surface area (Å²) >= 11 is 5.63. The smallest absolute Gasteiger partial charge is 0.255 e. The third-order valence-electron chi connectivity index (χ3n) is 3.81. The summed E-state index contributed by atoms with van der Waals surface area (Å²) in [5.74, 6) is 0.612. The number of carbonyl (C=O) groups is 2. The second kappa shape index (κ2) is 10.6. The summed E-state index contributed by atoms with van der Waals surface area (Å²) in [4.78, 5) is 24.6. The van der Waals surface area contributed by atoms with E-state index in [2.05, 4.69) is 10.6 Å². The Labute approximate surface area is 170 Å². The van der Waals surface area contributed by atoms with Crippen LogP contribution in [-0.4, -0.2) is 30.9 Å². The van der Waals surface area contributed by atoms with Crippen LogP contribution < -0.4 is 20.1 Å². The van der Waals surface area contributed by atoms with Crippen molar-refractivity contribution >= 4 is 34.8 Å².